The highest BCUT2D eigenvalue weighted by Crippen LogP contribution is 2.09. The average Bonchev–Trinajstić information content (AvgIpc) is 2.28. The Morgan fingerprint density at radius 1 is 1.29 bits per heavy atom. The van der Waals surface area contributed by atoms with Crippen molar-refractivity contribution in [2.45, 2.75) is 6.92 Å². The van der Waals surface area contributed by atoms with Crippen LogP contribution in [-0.4, -0.2) is 47.7 Å². The summed E-state index contributed by atoms with van der Waals surface area (Å²) < 4.78 is 1.78. The van der Waals surface area contributed by atoms with E-state index < -0.39 is 0 Å². The van der Waals surface area contributed by atoms with Crippen LogP contribution in [0.4, 0.5) is 0 Å². The highest BCUT2D eigenvalue weighted by molar-refractivity contribution is 14.1. The normalized spacial score (nSPS) is 11.4. The zero-order valence-electron chi connectivity index (χ0n) is 10.9. The molecule has 17 heavy (non-hydrogen) atoms. The predicted octanol–water partition coefficient (Wildman–Crippen LogP) is 2.49. The Hall–Kier alpha value is -0.620. The molecule has 0 aliphatic carbocycles. The van der Waals surface area contributed by atoms with Gasteiger partial charge >= 0.3 is 0 Å². The highest BCUT2D eigenvalue weighted by atomic mass is 127. The fourth-order valence-electron chi connectivity index (χ4n) is 1.59. The third-order valence-electron chi connectivity index (χ3n) is 2.56. The lowest BCUT2D eigenvalue weighted by Crippen LogP contribution is -2.48. The number of alkyl halides is 1. The number of benzene rings is 1. The second-order valence-electron chi connectivity index (χ2n) is 5.07. The SMILES string of the molecule is Cc1ccc(C(=O)N(C)C[N+](C)(C)CI)cc1. The molecule has 0 atom stereocenters. The summed E-state index contributed by atoms with van der Waals surface area (Å²) in [5.74, 6) is 0.0843. The largest absolute Gasteiger partial charge is 0.303 e. The second kappa shape index (κ2) is 5.82. The van der Waals surface area contributed by atoms with Crippen molar-refractivity contribution in [3.63, 3.8) is 0 Å². The first-order valence-corrected chi connectivity index (χ1v) is 7.08. The molecular formula is C13H20IN2O+. The van der Waals surface area contributed by atoms with E-state index in [1.165, 1.54) is 5.56 Å². The van der Waals surface area contributed by atoms with Gasteiger partial charge in [-0.3, -0.25) is 9.69 Å². The van der Waals surface area contributed by atoms with Gasteiger partial charge in [-0.15, -0.1) is 0 Å². The van der Waals surface area contributed by atoms with Crippen LogP contribution in [0, 0.1) is 6.92 Å². The summed E-state index contributed by atoms with van der Waals surface area (Å²) in [6.45, 7) is 2.74. The van der Waals surface area contributed by atoms with Crippen molar-refractivity contribution in [3.05, 3.63) is 35.4 Å². The van der Waals surface area contributed by atoms with Gasteiger partial charge in [0.15, 0.2) is 6.67 Å². The molecule has 4 heteroatoms. The van der Waals surface area contributed by atoms with E-state index >= 15 is 0 Å². The van der Waals surface area contributed by atoms with Crippen molar-refractivity contribution in [1.82, 2.24) is 4.90 Å². The Morgan fingerprint density at radius 3 is 2.29 bits per heavy atom. The maximum atomic E-state index is 12.2. The van der Waals surface area contributed by atoms with Crippen LogP contribution in [0.1, 0.15) is 15.9 Å². The minimum Gasteiger partial charge on any atom is -0.303 e. The maximum Gasteiger partial charge on any atom is 0.257 e. The summed E-state index contributed by atoms with van der Waals surface area (Å²) in [7, 11) is 6.09. The van der Waals surface area contributed by atoms with E-state index in [-0.39, 0.29) is 5.91 Å². The summed E-state index contributed by atoms with van der Waals surface area (Å²) >= 11 is 2.34. The molecule has 0 fully saturated rings. The standard InChI is InChI=1S/C13H20IN2O/c1-11-5-7-12(8-6-11)13(17)15(2)10-16(3,4)9-14/h5-8H,9-10H2,1-4H3/q+1. The molecule has 0 N–H and O–H groups in total. The number of quaternary nitrogens is 1. The van der Waals surface area contributed by atoms with Gasteiger partial charge in [0.2, 0.25) is 0 Å². The number of rotatable bonds is 4. The number of nitrogens with zero attached hydrogens (tertiary/aromatic N) is 2. The van der Waals surface area contributed by atoms with Gasteiger partial charge in [0, 0.05) is 12.6 Å². The van der Waals surface area contributed by atoms with Crippen molar-refractivity contribution in [2.24, 2.45) is 0 Å². The van der Waals surface area contributed by atoms with Crippen molar-refractivity contribution in [2.75, 3.05) is 32.4 Å². The van der Waals surface area contributed by atoms with Gasteiger partial charge in [-0.2, -0.15) is 0 Å². The van der Waals surface area contributed by atoms with Crippen LogP contribution in [-0.2, 0) is 0 Å². The van der Waals surface area contributed by atoms with Gasteiger partial charge in [-0.25, -0.2) is 0 Å². The van der Waals surface area contributed by atoms with E-state index in [4.69, 9.17) is 0 Å². The zero-order chi connectivity index (χ0) is 13.1. The van der Waals surface area contributed by atoms with Crippen molar-refractivity contribution >= 4 is 28.5 Å². The molecule has 0 saturated heterocycles. The second-order valence-corrected chi connectivity index (χ2v) is 5.75. The lowest BCUT2D eigenvalue weighted by atomic mass is 10.1. The average molecular weight is 347 g/mol. The predicted molar refractivity (Wildman–Crippen MR) is 79.1 cm³/mol. The number of hydrogen-bond acceptors (Lipinski definition) is 1. The summed E-state index contributed by atoms with van der Waals surface area (Å²) in [6, 6.07) is 7.72. The quantitative estimate of drug-likeness (QED) is 0.269. The number of aryl methyl sites for hydroxylation is 1. The van der Waals surface area contributed by atoms with Crippen molar-refractivity contribution < 1.29 is 9.28 Å². The van der Waals surface area contributed by atoms with Gasteiger partial charge in [0.25, 0.3) is 5.91 Å². The van der Waals surface area contributed by atoms with E-state index in [0.29, 0.717) is 0 Å². The molecule has 0 radical (unpaired) electrons. The van der Waals surface area contributed by atoms with Crippen LogP contribution in [0.25, 0.3) is 0 Å². The molecule has 0 saturated carbocycles. The fraction of sp³-hybridized carbons (Fsp3) is 0.462. The van der Waals surface area contributed by atoms with Crippen LogP contribution in [0.3, 0.4) is 0 Å². The minimum absolute atomic E-state index is 0.0843. The Balaban J connectivity index is 2.73. The number of carbonyl (C=O) groups is 1. The molecule has 0 aliphatic heterocycles. The third kappa shape index (κ3) is 4.27. The van der Waals surface area contributed by atoms with E-state index in [2.05, 4.69) is 36.7 Å². The van der Waals surface area contributed by atoms with Crippen molar-refractivity contribution in [1.29, 1.82) is 0 Å². The Labute approximate surface area is 117 Å². The van der Waals surface area contributed by atoms with E-state index in [1.54, 1.807) is 4.90 Å². The summed E-state index contributed by atoms with van der Waals surface area (Å²) in [4.78, 5) is 13.9. The van der Waals surface area contributed by atoms with E-state index in [1.807, 2.05) is 38.2 Å². The topological polar surface area (TPSA) is 20.3 Å². The summed E-state index contributed by atoms with van der Waals surface area (Å²) in [6.07, 6.45) is 0. The van der Waals surface area contributed by atoms with Crippen LogP contribution in [0.5, 0.6) is 0 Å². The molecule has 0 heterocycles. The van der Waals surface area contributed by atoms with Crippen LogP contribution < -0.4 is 0 Å². The van der Waals surface area contributed by atoms with Crippen molar-refractivity contribution in [3.8, 4) is 0 Å². The Bertz CT molecular complexity index is 387. The highest BCUT2D eigenvalue weighted by Gasteiger charge is 2.20. The van der Waals surface area contributed by atoms with Crippen LogP contribution in [0.2, 0.25) is 0 Å². The fourth-order valence-corrected chi connectivity index (χ4v) is 1.81. The van der Waals surface area contributed by atoms with E-state index in [9.17, 15) is 4.79 Å². The van der Waals surface area contributed by atoms with Gasteiger partial charge in [0.05, 0.1) is 14.1 Å². The molecule has 94 valence electrons. The maximum absolute atomic E-state index is 12.2. The Morgan fingerprint density at radius 2 is 1.82 bits per heavy atom. The molecule has 1 aromatic carbocycles. The smallest absolute Gasteiger partial charge is 0.257 e. The van der Waals surface area contributed by atoms with Crippen LogP contribution in [0.15, 0.2) is 24.3 Å². The van der Waals surface area contributed by atoms with Gasteiger partial charge in [0.1, 0.15) is 4.55 Å². The molecule has 0 unspecified atom stereocenters. The lowest BCUT2D eigenvalue weighted by molar-refractivity contribution is -0.882. The Kier molecular flexibility index (Phi) is 4.94. The number of amides is 1. The molecule has 1 rings (SSSR count). The lowest BCUT2D eigenvalue weighted by Gasteiger charge is -2.31. The summed E-state index contributed by atoms with van der Waals surface area (Å²) in [5.41, 5.74) is 1.93. The molecule has 0 aliphatic rings. The third-order valence-corrected chi connectivity index (χ3v) is 4.41. The zero-order valence-corrected chi connectivity index (χ0v) is 13.1. The molecule has 1 amide bonds. The molecular weight excluding hydrogens is 327 g/mol. The first-order chi connectivity index (χ1) is 7.85. The molecule has 0 bridgehead atoms. The first-order valence-electron chi connectivity index (χ1n) is 5.56. The van der Waals surface area contributed by atoms with Crippen LogP contribution >= 0.6 is 22.6 Å². The van der Waals surface area contributed by atoms with Gasteiger partial charge in [-0.05, 0) is 41.6 Å². The van der Waals surface area contributed by atoms with E-state index in [0.717, 1.165) is 21.3 Å². The monoisotopic (exact) mass is 347 g/mol. The van der Waals surface area contributed by atoms with Gasteiger partial charge < -0.3 is 4.48 Å². The summed E-state index contributed by atoms with van der Waals surface area (Å²) in [5, 5.41) is 0. The number of hydrogen-bond donors (Lipinski definition) is 0. The first kappa shape index (κ1) is 14.4. The van der Waals surface area contributed by atoms with Gasteiger partial charge in [-0.1, -0.05) is 17.7 Å². The molecule has 0 spiro atoms. The molecule has 0 aromatic heterocycles. The minimum atomic E-state index is 0.0843. The molecule has 1 aromatic rings. The number of carbonyl (C=O) groups excluding carboxylic acids is 1. The molecule has 3 nitrogen and oxygen atoms in total. The number of halogens is 1.